The Labute approximate surface area is 171 Å². The standard InChI is InChI=1S/C21H28F2N3O2S/c1-20(2,3)19-24-17-13-16(29(27,28)25-11-4-12-25)5-6-18(17)26(19)14-15-7-9-21(22,23)10-8-15/h4-6,13,15H,7-12,14H2,1-3H3. The Kier molecular flexibility index (Phi) is 5.01. The van der Waals surface area contributed by atoms with E-state index >= 15 is 0 Å². The molecule has 1 saturated heterocycles. The maximum absolute atomic E-state index is 13.6. The minimum atomic E-state index is -3.50. The van der Waals surface area contributed by atoms with Gasteiger partial charge in [-0.05, 0) is 43.4 Å². The second kappa shape index (κ2) is 7.01. The van der Waals surface area contributed by atoms with Crippen LogP contribution in [-0.4, -0.2) is 41.3 Å². The molecule has 0 unspecified atom stereocenters. The van der Waals surface area contributed by atoms with Gasteiger partial charge in [0.25, 0.3) is 0 Å². The Morgan fingerprint density at radius 1 is 1.17 bits per heavy atom. The van der Waals surface area contributed by atoms with Gasteiger partial charge in [0.05, 0.1) is 15.9 Å². The van der Waals surface area contributed by atoms with Crippen molar-refractivity contribution in [2.75, 3.05) is 13.1 Å². The van der Waals surface area contributed by atoms with E-state index in [-0.39, 0.29) is 29.1 Å². The van der Waals surface area contributed by atoms with E-state index in [4.69, 9.17) is 4.98 Å². The van der Waals surface area contributed by atoms with Gasteiger partial charge >= 0.3 is 0 Å². The predicted molar refractivity (Wildman–Crippen MR) is 108 cm³/mol. The van der Waals surface area contributed by atoms with Gasteiger partial charge in [0.15, 0.2) is 0 Å². The Hall–Kier alpha value is -1.54. The van der Waals surface area contributed by atoms with Crippen molar-refractivity contribution in [3.63, 3.8) is 0 Å². The molecule has 2 heterocycles. The number of fused-ring (bicyclic) bond motifs is 1. The second-order valence-electron chi connectivity index (χ2n) is 9.36. The number of rotatable bonds is 4. The highest BCUT2D eigenvalue weighted by atomic mass is 32.2. The molecule has 1 saturated carbocycles. The van der Waals surface area contributed by atoms with Gasteiger partial charge in [-0.25, -0.2) is 22.2 Å². The molecule has 2 fully saturated rings. The van der Waals surface area contributed by atoms with Gasteiger partial charge < -0.3 is 4.57 Å². The molecule has 0 amide bonds. The van der Waals surface area contributed by atoms with Gasteiger partial charge in [-0.3, -0.25) is 0 Å². The minimum Gasteiger partial charge on any atom is -0.327 e. The fraction of sp³-hybridized carbons (Fsp3) is 0.619. The first-order chi connectivity index (χ1) is 13.5. The summed E-state index contributed by atoms with van der Waals surface area (Å²) in [6, 6.07) is 5.09. The number of alkyl halides is 2. The molecule has 1 aliphatic carbocycles. The highest BCUT2D eigenvalue weighted by Crippen LogP contribution is 2.38. The number of benzene rings is 1. The smallest absolute Gasteiger partial charge is 0.248 e. The first kappa shape index (κ1) is 20.7. The molecule has 1 aromatic carbocycles. The van der Waals surface area contributed by atoms with Crippen LogP contribution in [0.3, 0.4) is 0 Å². The van der Waals surface area contributed by atoms with Crippen LogP contribution in [0.25, 0.3) is 11.0 Å². The number of hydrogen-bond acceptors (Lipinski definition) is 3. The molecule has 2 aromatic rings. The molecule has 0 atom stereocenters. The zero-order valence-electron chi connectivity index (χ0n) is 17.2. The summed E-state index contributed by atoms with van der Waals surface area (Å²) in [6.45, 7) is 7.70. The Balaban J connectivity index is 1.71. The molecule has 0 bridgehead atoms. The average Bonchev–Trinajstić information content (AvgIpc) is 2.93. The summed E-state index contributed by atoms with van der Waals surface area (Å²) in [7, 11) is -3.50. The van der Waals surface area contributed by atoms with Gasteiger partial charge in [-0.15, -0.1) is 0 Å². The van der Waals surface area contributed by atoms with Gasteiger partial charge in [0.1, 0.15) is 5.82 Å². The van der Waals surface area contributed by atoms with E-state index in [1.807, 2.05) is 12.5 Å². The van der Waals surface area contributed by atoms with Gasteiger partial charge in [-0.2, -0.15) is 4.31 Å². The molecule has 0 N–H and O–H groups in total. The van der Waals surface area contributed by atoms with Crippen LogP contribution < -0.4 is 0 Å². The number of aromatic nitrogens is 2. The predicted octanol–water partition coefficient (Wildman–Crippen LogP) is 4.37. The number of hydrogen-bond donors (Lipinski definition) is 0. The average molecular weight is 425 g/mol. The lowest BCUT2D eigenvalue weighted by molar-refractivity contribution is -0.0473. The molecular formula is C21H28F2N3O2S. The number of imidazole rings is 1. The lowest BCUT2D eigenvalue weighted by Crippen LogP contribution is -2.42. The highest BCUT2D eigenvalue weighted by Gasteiger charge is 2.36. The summed E-state index contributed by atoms with van der Waals surface area (Å²) in [4.78, 5) is 5.03. The van der Waals surface area contributed by atoms with E-state index < -0.39 is 15.9 Å². The molecule has 29 heavy (non-hydrogen) atoms. The highest BCUT2D eigenvalue weighted by molar-refractivity contribution is 7.89. The van der Waals surface area contributed by atoms with Gasteiger partial charge in [0, 0.05) is 37.9 Å². The lowest BCUT2D eigenvalue weighted by Gasteiger charge is -2.30. The number of sulfonamides is 1. The maximum atomic E-state index is 13.6. The molecule has 159 valence electrons. The van der Waals surface area contributed by atoms with Crippen molar-refractivity contribution in [1.29, 1.82) is 0 Å². The molecule has 1 aliphatic heterocycles. The fourth-order valence-corrected chi connectivity index (χ4v) is 5.55. The van der Waals surface area contributed by atoms with Crippen LogP contribution in [0, 0.1) is 12.3 Å². The van der Waals surface area contributed by atoms with Crippen LogP contribution in [-0.2, 0) is 22.0 Å². The zero-order chi connectivity index (χ0) is 21.0. The third kappa shape index (κ3) is 3.93. The number of halogens is 2. The summed E-state index contributed by atoms with van der Waals surface area (Å²) >= 11 is 0. The molecule has 1 aromatic heterocycles. The van der Waals surface area contributed by atoms with Gasteiger partial charge in [-0.1, -0.05) is 20.8 Å². The normalized spacial score (nSPS) is 21.4. The van der Waals surface area contributed by atoms with Crippen LogP contribution in [0.4, 0.5) is 8.78 Å². The molecule has 0 spiro atoms. The third-order valence-electron chi connectivity index (χ3n) is 5.97. The summed E-state index contributed by atoms with van der Waals surface area (Å²) in [6.07, 6.45) is 2.77. The summed E-state index contributed by atoms with van der Waals surface area (Å²) in [5.41, 5.74) is 1.26. The van der Waals surface area contributed by atoms with Crippen molar-refractivity contribution in [2.24, 2.45) is 5.92 Å². The second-order valence-corrected chi connectivity index (χ2v) is 11.3. The van der Waals surface area contributed by atoms with Crippen LogP contribution in [0.15, 0.2) is 23.1 Å². The van der Waals surface area contributed by atoms with Crippen LogP contribution in [0.5, 0.6) is 0 Å². The van der Waals surface area contributed by atoms with E-state index in [1.165, 1.54) is 4.31 Å². The summed E-state index contributed by atoms with van der Waals surface area (Å²) in [5.74, 6) is -1.51. The van der Waals surface area contributed by atoms with Crippen LogP contribution in [0.1, 0.15) is 52.3 Å². The van der Waals surface area contributed by atoms with E-state index in [2.05, 4.69) is 25.3 Å². The SMILES string of the molecule is CC(C)(C)c1nc2cc(S(=O)(=O)N3C[CH]C3)ccc2n1CC1CCC(F)(F)CC1. The largest absolute Gasteiger partial charge is 0.327 e. The monoisotopic (exact) mass is 424 g/mol. The Morgan fingerprint density at radius 2 is 1.83 bits per heavy atom. The topological polar surface area (TPSA) is 55.2 Å². The zero-order valence-corrected chi connectivity index (χ0v) is 18.0. The molecule has 2 aliphatic rings. The van der Waals surface area contributed by atoms with Crippen molar-refractivity contribution < 1.29 is 17.2 Å². The molecule has 8 heteroatoms. The van der Waals surface area contributed by atoms with Crippen molar-refractivity contribution in [2.45, 2.75) is 69.2 Å². The third-order valence-corrected chi connectivity index (χ3v) is 7.80. The lowest BCUT2D eigenvalue weighted by atomic mass is 9.86. The fourth-order valence-electron chi connectivity index (χ4n) is 4.15. The van der Waals surface area contributed by atoms with E-state index in [9.17, 15) is 17.2 Å². The first-order valence-electron chi connectivity index (χ1n) is 10.2. The molecule has 5 nitrogen and oxygen atoms in total. The van der Waals surface area contributed by atoms with Crippen molar-refractivity contribution in [1.82, 2.24) is 13.9 Å². The van der Waals surface area contributed by atoms with E-state index in [1.54, 1.807) is 12.1 Å². The quantitative estimate of drug-likeness (QED) is 0.732. The van der Waals surface area contributed by atoms with E-state index in [0.717, 1.165) is 11.3 Å². The van der Waals surface area contributed by atoms with E-state index in [0.29, 0.717) is 38.0 Å². The van der Waals surface area contributed by atoms with Crippen molar-refractivity contribution >= 4 is 21.1 Å². The summed E-state index contributed by atoms with van der Waals surface area (Å²) < 4.78 is 56.1. The summed E-state index contributed by atoms with van der Waals surface area (Å²) in [5, 5.41) is 0. The molecular weight excluding hydrogens is 396 g/mol. The molecule has 4 rings (SSSR count). The number of nitrogens with zero attached hydrogens (tertiary/aromatic N) is 3. The van der Waals surface area contributed by atoms with Crippen molar-refractivity contribution in [3.8, 4) is 0 Å². The van der Waals surface area contributed by atoms with Crippen molar-refractivity contribution in [3.05, 3.63) is 30.4 Å². The Bertz CT molecular complexity index is 1010. The minimum absolute atomic E-state index is 0.0651. The molecule has 1 radical (unpaired) electrons. The van der Waals surface area contributed by atoms with Crippen LogP contribution >= 0.6 is 0 Å². The maximum Gasteiger partial charge on any atom is 0.248 e. The first-order valence-corrected chi connectivity index (χ1v) is 11.6. The Morgan fingerprint density at radius 3 is 2.38 bits per heavy atom. The van der Waals surface area contributed by atoms with Gasteiger partial charge in [0.2, 0.25) is 15.9 Å². The van der Waals surface area contributed by atoms with Crippen LogP contribution in [0.2, 0.25) is 0 Å².